The summed E-state index contributed by atoms with van der Waals surface area (Å²) in [7, 11) is 0. The second kappa shape index (κ2) is 8.94. The molecule has 0 aromatic heterocycles. The third kappa shape index (κ3) is 4.32. The molecule has 0 saturated heterocycles. The molecule has 3 N–H and O–H groups in total. The van der Waals surface area contributed by atoms with Crippen LogP contribution in [-0.2, 0) is 5.41 Å². The predicted molar refractivity (Wildman–Crippen MR) is 131 cm³/mol. The van der Waals surface area contributed by atoms with Crippen LogP contribution in [0.4, 0.5) is 0 Å². The Bertz CT molecular complexity index is 947. The standard InChI is InChI=1S/C29H38O3/c1-28(2,21-8-14-25(30)15-9-21)20-4-6-22(7-5-20)29(3,23-10-16-26(31)17-11-23)24-12-18-27(32)19-13-24/h4,6,8,10-12,16-18,20,22,25,30-32H,5,7,9,13-15,19H2,1-3H3. The molecule has 4 atom stereocenters. The van der Waals surface area contributed by atoms with Gasteiger partial charge in [-0.15, -0.1) is 0 Å². The Morgan fingerprint density at radius 2 is 1.47 bits per heavy atom. The van der Waals surface area contributed by atoms with Crippen LogP contribution in [-0.4, -0.2) is 21.4 Å². The number of benzene rings is 1. The highest BCUT2D eigenvalue weighted by Crippen LogP contribution is 2.50. The lowest BCUT2D eigenvalue weighted by atomic mass is 9.59. The molecule has 4 rings (SSSR count). The molecule has 3 aliphatic rings. The molecule has 0 radical (unpaired) electrons. The Morgan fingerprint density at radius 1 is 0.781 bits per heavy atom. The average molecular weight is 435 g/mol. The summed E-state index contributed by atoms with van der Waals surface area (Å²) in [6, 6.07) is 7.67. The molecule has 0 saturated carbocycles. The molecule has 0 aliphatic heterocycles. The number of aliphatic hydroxyl groups is 2. The molecule has 0 bridgehead atoms. The van der Waals surface area contributed by atoms with Gasteiger partial charge in [-0.2, -0.15) is 0 Å². The molecule has 0 amide bonds. The maximum Gasteiger partial charge on any atom is 0.115 e. The fourth-order valence-corrected chi connectivity index (χ4v) is 6.05. The first-order valence-electron chi connectivity index (χ1n) is 12.2. The first-order valence-corrected chi connectivity index (χ1v) is 12.2. The van der Waals surface area contributed by atoms with E-state index in [1.54, 1.807) is 12.1 Å². The topological polar surface area (TPSA) is 60.7 Å². The van der Waals surface area contributed by atoms with Gasteiger partial charge in [-0.1, -0.05) is 68.4 Å². The van der Waals surface area contributed by atoms with Gasteiger partial charge < -0.3 is 15.3 Å². The second-order valence-electron chi connectivity index (χ2n) is 10.7. The van der Waals surface area contributed by atoms with Gasteiger partial charge in [0.05, 0.1) is 11.9 Å². The van der Waals surface area contributed by atoms with E-state index >= 15 is 0 Å². The van der Waals surface area contributed by atoms with Gasteiger partial charge in [0.2, 0.25) is 0 Å². The largest absolute Gasteiger partial charge is 0.512 e. The summed E-state index contributed by atoms with van der Waals surface area (Å²) < 4.78 is 0. The van der Waals surface area contributed by atoms with Gasteiger partial charge in [-0.05, 0) is 79.5 Å². The van der Waals surface area contributed by atoms with Crippen molar-refractivity contribution in [3.05, 3.63) is 77.1 Å². The molecule has 0 heterocycles. The summed E-state index contributed by atoms with van der Waals surface area (Å²) in [6.45, 7) is 7.05. The molecule has 3 nitrogen and oxygen atoms in total. The summed E-state index contributed by atoms with van der Waals surface area (Å²) in [5.41, 5.74) is 3.98. The van der Waals surface area contributed by atoms with Crippen LogP contribution in [0.2, 0.25) is 0 Å². The molecular formula is C29H38O3. The molecule has 3 aliphatic carbocycles. The van der Waals surface area contributed by atoms with Gasteiger partial charge >= 0.3 is 0 Å². The molecule has 0 fully saturated rings. The van der Waals surface area contributed by atoms with E-state index in [4.69, 9.17) is 0 Å². The van der Waals surface area contributed by atoms with Crippen LogP contribution in [0.1, 0.15) is 71.3 Å². The molecule has 172 valence electrons. The highest BCUT2D eigenvalue weighted by molar-refractivity contribution is 5.43. The van der Waals surface area contributed by atoms with Crippen molar-refractivity contribution in [3.63, 3.8) is 0 Å². The van der Waals surface area contributed by atoms with Crippen molar-refractivity contribution in [2.45, 2.75) is 77.2 Å². The Labute approximate surface area is 192 Å². The first-order chi connectivity index (χ1) is 15.2. The summed E-state index contributed by atoms with van der Waals surface area (Å²) in [5, 5.41) is 29.7. The van der Waals surface area contributed by atoms with E-state index < -0.39 is 0 Å². The summed E-state index contributed by atoms with van der Waals surface area (Å²) in [4.78, 5) is 0. The third-order valence-corrected chi connectivity index (χ3v) is 8.51. The molecule has 3 heteroatoms. The lowest BCUT2D eigenvalue weighted by molar-refractivity contribution is 0.152. The smallest absolute Gasteiger partial charge is 0.115 e. The van der Waals surface area contributed by atoms with E-state index in [0.29, 0.717) is 24.0 Å². The van der Waals surface area contributed by atoms with E-state index in [9.17, 15) is 15.3 Å². The summed E-state index contributed by atoms with van der Waals surface area (Å²) in [6.07, 6.45) is 17.4. The third-order valence-electron chi connectivity index (χ3n) is 8.51. The number of phenols is 1. The number of phenolic OH excluding ortho intramolecular Hbond substituents is 1. The Hall–Kier alpha value is -2.26. The van der Waals surface area contributed by atoms with Crippen LogP contribution in [0.25, 0.3) is 0 Å². The van der Waals surface area contributed by atoms with Gasteiger partial charge in [-0.25, -0.2) is 0 Å². The van der Waals surface area contributed by atoms with Crippen molar-refractivity contribution < 1.29 is 15.3 Å². The van der Waals surface area contributed by atoms with Gasteiger partial charge in [0.1, 0.15) is 5.75 Å². The van der Waals surface area contributed by atoms with Crippen molar-refractivity contribution in [1.82, 2.24) is 0 Å². The monoisotopic (exact) mass is 434 g/mol. The quantitative estimate of drug-likeness (QED) is 0.442. The predicted octanol–water partition coefficient (Wildman–Crippen LogP) is 6.89. The number of aromatic hydroxyl groups is 1. The maximum absolute atomic E-state index is 9.92. The van der Waals surface area contributed by atoms with Crippen molar-refractivity contribution in [1.29, 1.82) is 0 Å². The molecule has 4 unspecified atom stereocenters. The number of aliphatic hydroxyl groups excluding tert-OH is 2. The minimum atomic E-state index is -0.177. The Morgan fingerprint density at radius 3 is 2.03 bits per heavy atom. The van der Waals surface area contributed by atoms with Crippen LogP contribution in [0, 0.1) is 17.3 Å². The zero-order valence-electron chi connectivity index (χ0n) is 19.7. The van der Waals surface area contributed by atoms with Crippen molar-refractivity contribution >= 4 is 0 Å². The summed E-state index contributed by atoms with van der Waals surface area (Å²) >= 11 is 0. The highest BCUT2D eigenvalue weighted by atomic mass is 16.3. The Kier molecular flexibility index (Phi) is 6.40. The van der Waals surface area contributed by atoms with Crippen LogP contribution in [0.5, 0.6) is 5.75 Å². The zero-order valence-corrected chi connectivity index (χ0v) is 19.7. The molecule has 32 heavy (non-hydrogen) atoms. The van der Waals surface area contributed by atoms with Crippen LogP contribution in [0.3, 0.4) is 0 Å². The van der Waals surface area contributed by atoms with Crippen LogP contribution >= 0.6 is 0 Å². The van der Waals surface area contributed by atoms with Crippen LogP contribution in [0.15, 0.2) is 71.6 Å². The average Bonchev–Trinajstić information content (AvgIpc) is 2.80. The van der Waals surface area contributed by atoms with Gasteiger partial charge in [0, 0.05) is 11.8 Å². The highest BCUT2D eigenvalue weighted by Gasteiger charge is 2.42. The van der Waals surface area contributed by atoms with E-state index in [-0.39, 0.29) is 22.7 Å². The maximum atomic E-state index is 9.92. The normalized spacial score (nSPS) is 28.4. The first kappa shape index (κ1) is 22.9. The molecular weight excluding hydrogens is 396 g/mol. The number of hydrogen-bond acceptors (Lipinski definition) is 3. The molecule has 1 aromatic carbocycles. The summed E-state index contributed by atoms with van der Waals surface area (Å²) in [5.74, 6) is 1.60. The fourth-order valence-electron chi connectivity index (χ4n) is 6.05. The van der Waals surface area contributed by atoms with E-state index in [2.05, 4.69) is 57.2 Å². The number of hydrogen-bond donors (Lipinski definition) is 3. The van der Waals surface area contributed by atoms with Crippen molar-refractivity contribution in [2.24, 2.45) is 17.3 Å². The van der Waals surface area contributed by atoms with E-state index in [1.807, 2.05) is 6.08 Å². The molecule has 0 spiro atoms. The fraction of sp³-hybridized carbons (Fsp3) is 0.517. The second-order valence-corrected chi connectivity index (χ2v) is 10.7. The van der Waals surface area contributed by atoms with Crippen molar-refractivity contribution in [2.75, 3.05) is 0 Å². The van der Waals surface area contributed by atoms with E-state index in [1.165, 1.54) is 16.7 Å². The number of allylic oxidation sites excluding steroid dienone is 7. The van der Waals surface area contributed by atoms with Crippen LogP contribution < -0.4 is 0 Å². The van der Waals surface area contributed by atoms with E-state index in [0.717, 1.165) is 38.5 Å². The lowest BCUT2D eigenvalue weighted by Crippen LogP contribution is -2.37. The lowest BCUT2D eigenvalue weighted by Gasteiger charge is -2.45. The Balaban J connectivity index is 1.63. The van der Waals surface area contributed by atoms with Crippen molar-refractivity contribution in [3.8, 4) is 5.75 Å². The molecule has 1 aromatic rings. The SMILES string of the molecule is CC(C)(C1=CCC(O)CC1)C1C=CC(C(C)(C2=CC=C(O)CC2)c2ccc(O)cc2)CC1. The van der Waals surface area contributed by atoms with Gasteiger partial charge in [0.15, 0.2) is 0 Å². The minimum Gasteiger partial charge on any atom is -0.512 e. The number of rotatable bonds is 5. The van der Waals surface area contributed by atoms with Gasteiger partial charge in [-0.3, -0.25) is 0 Å². The minimum absolute atomic E-state index is 0.106. The zero-order chi connectivity index (χ0) is 22.9. The van der Waals surface area contributed by atoms with Gasteiger partial charge in [0.25, 0.3) is 0 Å².